The van der Waals surface area contributed by atoms with E-state index in [9.17, 15) is 9.59 Å². The molecular weight excluding hydrogens is 923 g/mol. The predicted octanol–water partition coefficient (Wildman–Crippen LogP) is 18.0. The zero-order valence-corrected chi connectivity index (χ0v) is 44.1. The van der Waals surface area contributed by atoms with Crippen molar-refractivity contribution in [2.24, 2.45) is 0 Å². The van der Waals surface area contributed by atoms with Crippen LogP contribution in [0.4, 0.5) is 26.3 Å². The Balaban J connectivity index is 1.10. The summed E-state index contributed by atoms with van der Waals surface area (Å²) in [4.78, 5) is 27.0. The highest BCUT2D eigenvalue weighted by molar-refractivity contribution is 8.12. The summed E-state index contributed by atoms with van der Waals surface area (Å²) in [5.41, 5.74) is -2.11. The van der Waals surface area contributed by atoms with Crippen LogP contribution in [0.25, 0.3) is 4.91 Å². The number of rotatable bonds is 35. The number of hydrogen-bond acceptors (Lipinski definition) is 4. The number of thioether (sulfide) groups is 2. The molecule has 12 heteroatoms. The largest absolute Gasteiger partial charge is 0.380 e. The van der Waals surface area contributed by atoms with Gasteiger partial charge in [0.1, 0.15) is 0 Å². The van der Waals surface area contributed by atoms with E-state index in [2.05, 4.69) is 24.5 Å². The van der Waals surface area contributed by atoms with Crippen LogP contribution >= 0.6 is 23.5 Å². The van der Waals surface area contributed by atoms with Crippen molar-refractivity contribution in [2.75, 3.05) is 13.1 Å². The zero-order chi connectivity index (χ0) is 50.0. The number of carbonyl (C=O) groups excluding carboxylic acids is 2. The first kappa shape index (κ1) is 57.3. The van der Waals surface area contributed by atoms with Gasteiger partial charge in [0.05, 0.1) is 9.49 Å². The number of hydrogen-bond donors (Lipinski definition) is 2. The van der Waals surface area contributed by atoms with E-state index in [1.165, 1.54) is 177 Å². The van der Waals surface area contributed by atoms with Gasteiger partial charge in [-0.05, 0) is 79.0 Å². The molecular formula is C57H84F6N2O2S2. The van der Waals surface area contributed by atoms with Crippen molar-refractivity contribution in [1.29, 1.82) is 0 Å². The third-order valence-corrected chi connectivity index (χ3v) is 18.4. The van der Waals surface area contributed by atoms with Crippen LogP contribution in [-0.4, -0.2) is 52.2 Å². The summed E-state index contributed by atoms with van der Waals surface area (Å²) >= 11 is 2.38. The fraction of sp³-hybridized carbons (Fsp3) is 0.719. The van der Waals surface area contributed by atoms with Gasteiger partial charge in [-0.25, -0.2) is 0 Å². The average Bonchev–Trinajstić information content (AvgIpc) is 3.90. The Hall–Kier alpha value is -2.60. The predicted molar refractivity (Wildman–Crippen MR) is 279 cm³/mol. The van der Waals surface area contributed by atoms with Crippen molar-refractivity contribution in [3.8, 4) is 0 Å². The number of unbranched alkanes of at least 4 members (excludes halogenated alkanes) is 26. The van der Waals surface area contributed by atoms with Crippen LogP contribution < -0.4 is 10.6 Å². The second-order valence-corrected chi connectivity index (χ2v) is 23.6. The summed E-state index contributed by atoms with van der Waals surface area (Å²) in [5.74, 6) is -16.3. The highest BCUT2D eigenvalue weighted by Gasteiger charge is 2.84. The molecule has 5 rings (SSSR count). The molecule has 0 aromatic heterocycles. The van der Waals surface area contributed by atoms with Gasteiger partial charge in [-0.3, -0.25) is 9.59 Å². The lowest BCUT2D eigenvalue weighted by molar-refractivity contribution is -0.258. The molecule has 388 valence electrons. The maximum Gasteiger partial charge on any atom is 0.380 e. The highest BCUT2D eigenvalue weighted by Crippen LogP contribution is 2.74. The molecule has 69 heavy (non-hydrogen) atoms. The maximum atomic E-state index is 15.9. The third-order valence-electron chi connectivity index (χ3n) is 15.1. The quantitative estimate of drug-likeness (QED) is 0.0525. The lowest BCUT2D eigenvalue weighted by atomic mass is 9.71. The Morgan fingerprint density at radius 2 is 0.870 bits per heavy atom. The number of nitrogens with one attached hydrogen (secondary N) is 2. The normalized spacial score (nSPS) is 21.8. The standard InChI is InChI=1S/C57H84F6N2O2S2/c1-5-7-9-11-13-15-17-19-21-23-25-27-29-31-39-64-49(66)38-37-45-41-46-50-51(56(60,61)57(62,63)55(50,58)59)47-42-48(69-54(47,4)53(46,3)68-45)43-33-35-44(36-34-43)52(67)65-40-32-30-28-26-24-22-20-18-16-14-12-10-8-6-2/h33-36,41-42H,5-32,37-40H2,1-4H3,(H,64,66)(H,65,67)/t53-,54+/m0/s1. The van der Waals surface area contributed by atoms with Gasteiger partial charge in [0.25, 0.3) is 5.91 Å². The van der Waals surface area contributed by atoms with Crippen molar-refractivity contribution in [1.82, 2.24) is 10.6 Å². The van der Waals surface area contributed by atoms with Crippen molar-refractivity contribution in [2.45, 2.75) is 248 Å². The molecule has 1 aromatic carbocycles. The van der Waals surface area contributed by atoms with E-state index in [-0.39, 0.29) is 35.8 Å². The van der Waals surface area contributed by atoms with Crippen LogP contribution in [-0.2, 0) is 4.79 Å². The van der Waals surface area contributed by atoms with E-state index in [1.54, 1.807) is 38.1 Å². The first-order valence-corrected chi connectivity index (χ1v) is 28.8. The molecule has 2 aliphatic heterocycles. The Morgan fingerprint density at radius 3 is 1.30 bits per heavy atom. The van der Waals surface area contributed by atoms with Crippen LogP contribution in [0.3, 0.4) is 0 Å². The number of allylic oxidation sites excluding steroid dienone is 5. The van der Waals surface area contributed by atoms with E-state index < -0.39 is 38.4 Å². The number of benzene rings is 1. The van der Waals surface area contributed by atoms with Crippen molar-refractivity contribution >= 4 is 40.2 Å². The molecule has 0 radical (unpaired) electrons. The topological polar surface area (TPSA) is 58.2 Å². The van der Waals surface area contributed by atoms with Gasteiger partial charge in [0.15, 0.2) is 0 Å². The third kappa shape index (κ3) is 14.3. The second-order valence-electron chi connectivity index (χ2n) is 20.6. The van der Waals surface area contributed by atoms with Crippen molar-refractivity contribution in [3.63, 3.8) is 0 Å². The molecule has 2 heterocycles. The van der Waals surface area contributed by atoms with E-state index in [0.29, 0.717) is 34.0 Å². The number of fused-ring (bicyclic) bond motifs is 4. The summed E-state index contributed by atoms with van der Waals surface area (Å²) in [5, 5.41) is 5.93. The summed E-state index contributed by atoms with van der Waals surface area (Å²) in [6, 6.07) is 6.64. The number of carbonyl (C=O) groups is 2. The van der Waals surface area contributed by atoms with Gasteiger partial charge in [0, 0.05) is 41.1 Å². The number of halogens is 6. The molecule has 0 spiro atoms. The highest BCUT2D eigenvalue weighted by atomic mass is 32.2. The molecule has 2 aliphatic carbocycles. The molecule has 0 unspecified atom stereocenters. The summed E-state index contributed by atoms with van der Waals surface area (Å²) in [6.07, 6.45) is 37.7. The average molecular weight is 1010 g/mol. The lowest BCUT2D eigenvalue weighted by Gasteiger charge is -2.47. The van der Waals surface area contributed by atoms with Gasteiger partial charge in [-0.2, -0.15) is 26.3 Å². The monoisotopic (exact) mass is 1010 g/mol. The smallest absolute Gasteiger partial charge is 0.356 e. The van der Waals surface area contributed by atoms with E-state index in [4.69, 9.17) is 0 Å². The Bertz CT molecular complexity index is 1940. The molecule has 2 atom stereocenters. The second kappa shape index (κ2) is 27.5. The van der Waals surface area contributed by atoms with E-state index in [1.807, 2.05) is 0 Å². The van der Waals surface area contributed by atoms with Crippen molar-refractivity contribution < 1.29 is 35.9 Å². The minimum Gasteiger partial charge on any atom is -0.356 e. The molecule has 1 fully saturated rings. The first-order chi connectivity index (χ1) is 33.1. The number of amides is 2. The molecule has 0 bridgehead atoms. The Morgan fingerprint density at radius 1 is 0.493 bits per heavy atom. The zero-order valence-electron chi connectivity index (χ0n) is 42.5. The van der Waals surface area contributed by atoms with Crippen LogP contribution in [0.2, 0.25) is 0 Å². The van der Waals surface area contributed by atoms with Crippen LogP contribution in [0.15, 0.2) is 63.6 Å². The van der Waals surface area contributed by atoms with Gasteiger partial charge < -0.3 is 10.6 Å². The lowest BCUT2D eigenvalue weighted by Crippen LogP contribution is -2.48. The van der Waals surface area contributed by atoms with Gasteiger partial charge in [-0.15, -0.1) is 23.5 Å². The van der Waals surface area contributed by atoms with Crippen LogP contribution in [0.5, 0.6) is 0 Å². The summed E-state index contributed by atoms with van der Waals surface area (Å²) in [6.45, 7) is 8.89. The summed E-state index contributed by atoms with van der Waals surface area (Å²) < 4.78 is 91.6. The minimum absolute atomic E-state index is 0.0543. The molecule has 1 saturated carbocycles. The first-order valence-electron chi connectivity index (χ1n) is 27.2. The number of alkyl halides is 6. The molecule has 4 aliphatic rings. The van der Waals surface area contributed by atoms with Gasteiger partial charge in [0.2, 0.25) is 5.91 Å². The van der Waals surface area contributed by atoms with Crippen LogP contribution in [0, 0.1) is 0 Å². The molecule has 1 aromatic rings. The SMILES string of the molecule is CCCCCCCCCCCCCCCCNC(=O)CCC1=CC2=C3C(=C4C=C(c5ccc(C(=O)NCCCCCCCCCCCCCCCC)cc5)S[C@@]4(C)[C@@]2(C)S1)C(F)(F)C(F)(F)C3(F)F. The Kier molecular flexibility index (Phi) is 22.8. The van der Waals surface area contributed by atoms with E-state index >= 15 is 26.3 Å². The molecule has 4 nitrogen and oxygen atoms in total. The Labute approximate surface area is 420 Å². The van der Waals surface area contributed by atoms with Gasteiger partial charge in [-0.1, -0.05) is 193 Å². The van der Waals surface area contributed by atoms with E-state index in [0.717, 1.165) is 38.5 Å². The maximum absolute atomic E-state index is 15.9. The van der Waals surface area contributed by atoms with Crippen LogP contribution in [0.1, 0.15) is 236 Å². The molecule has 0 saturated heterocycles. The molecule has 2 amide bonds. The summed E-state index contributed by atoms with van der Waals surface area (Å²) in [7, 11) is 0. The van der Waals surface area contributed by atoms with Gasteiger partial charge >= 0.3 is 17.8 Å². The molecule has 2 N–H and O–H groups in total. The fourth-order valence-corrected chi connectivity index (χ4v) is 13.7. The minimum atomic E-state index is -5.64. The van der Waals surface area contributed by atoms with Crippen molar-refractivity contribution in [3.05, 3.63) is 74.7 Å². The fourth-order valence-electron chi connectivity index (χ4n) is 10.5.